The van der Waals surface area contributed by atoms with Gasteiger partial charge >= 0.3 is 0 Å². The smallest absolute Gasteiger partial charge is 0.123 e. The highest BCUT2D eigenvalue weighted by Gasteiger charge is 2.17. The first kappa shape index (κ1) is 14.4. The van der Waals surface area contributed by atoms with Gasteiger partial charge in [-0.25, -0.2) is 4.98 Å². The number of nitrogens with zero attached hydrogens (tertiary/aromatic N) is 1. The largest absolute Gasteiger partial charge is 0.347 e. The number of imidazole rings is 1. The lowest BCUT2D eigenvalue weighted by Gasteiger charge is -2.22. The van der Waals surface area contributed by atoms with E-state index in [-0.39, 0.29) is 12.1 Å². The van der Waals surface area contributed by atoms with Crippen LogP contribution in [0.4, 0.5) is 0 Å². The van der Waals surface area contributed by atoms with Crippen molar-refractivity contribution in [2.45, 2.75) is 32.4 Å². The average Bonchev–Trinajstić information content (AvgIpc) is 2.89. The number of halogens is 2. The third-order valence-corrected chi connectivity index (χ3v) is 3.70. The van der Waals surface area contributed by atoms with Gasteiger partial charge in [0.05, 0.1) is 6.04 Å². The van der Waals surface area contributed by atoms with E-state index in [0.717, 1.165) is 17.8 Å². The molecule has 1 heterocycles. The van der Waals surface area contributed by atoms with Gasteiger partial charge < -0.3 is 10.3 Å². The predicted molar refractivity (Wildman–Crippen MR) is 79.6 cm³/mol. The number of aromatic amines is 1. The van der Waals surface area contributed by atoms with Crippen molar-refractivity contribution in [2.24, 2.45) is 0 Å². The van der Waals surface area contributed by atoms with Gasteiger partial charge in [-0.2, -0.15) is 0 Å². The Hall–Kier alpha value is -1.03. The Labute approximate surface area is 123 Å². The minimum absolute atomic E-state index is 0.125. The van der Waals surface area contributed by atoms with Gasteiger partial charge in [-0.3, -0.25) is 0 Å². The third kappa shape index (κ3) is 3.50. The third-order valence-electron chi connectivity index (χ3n) is 3.14. The van der Waals surface area contributed by atoms with E-state index in [0.29, 0.717) is 10.0 Å². The van der Waals surface area contributed by atoms with Gasteiger partial charge in [0, 0.05) is 28.5 Å². The number of benzene rings is 1. The van der Waals surface area contributed by atoms with Crippen LogP contribution in [0.1, 0.15) is 43.7 Å². The van der Waals surface area contributed by atoms with Crippen LogP contribution in [0.2, 0.25) is 10.0 Å². The van der Waals surface area contributed by atoms with Crippen LogP contribution in [0.5, 0.6) is 0 Å². The van der Waals surface area contributed by atoms with E-state index in [2.05, 4.69) is 29.1 Å². The zero-order valence-corrected chi connectivity index (χ0v) is 12.5. The van der Waals surface area contributed by atoms with E-state index in [9.17, 15) is 0 Å². The molecule has 1 aromatic carbocycles. The topological polar surface area (TPSA) is 40.7 Å². The standard InChI is InChI=1S/C14H17Cl2N3/c1-3-13(14-17-6-7-18-14)19-9(2)11-5-4-10(15)8-12(11)16/h4-9,13,19H,3H2,1-2H3,(H,17,18). The molecule has 0 aliphatic carbocycles. The summed E-state index contributed by atoms with van der Waals surface area (Å²) in [5.41, 5.74) is 1.04. The van der Waals surface area contributed by atoms with Crippen LogP contribution in [0.25, 0.3) is 0 Å². The highest BCUT2D eigenvalue weighted by molar-refractivity contribution is 6.35. The van der Waals surface area contributed by atoms with Gasteiger partial charge in [-0.05, 0) is 31.0 Å². The lowest BCUT2D eigenvalue weighted by atomic mass is 10.1. The minimum atomic E-state index is 0.125. The zero-order valence-electron chi connectivity index (χ0n) is 11.0. The molecule has 0 fully saturated rings. The normalized spacial score (nSPS) is 14.3. The number of rotatable bonds is 5. The van der Waals surface area contributed by atoms with Crippen molar-refractivity contribution in [3.8, 4) is 0 Å². The summed E-state index contributed by atoms with van der Waals surface area (Å²) in [4.78, 5) is 7.44. The first-order valence-corrected chi connectivity index (χ1v) is 7.07. The molecule has 0 saturated heterocycles. The fraction of sp³-hybridized carbons (Fsp3) is 0.357. The summed E-state index contributed by atoms with van der Waals surface area (Å²) in [6.07, 6.45) is 4.54. The number of aromatic nitrogens is 2. The summed E-state index contributed by atoms with van der Waals surface area (Å²) in [6.45, 7) is 4.21. The predicted octanol–water partition coefficient (Wildman–Crippen LogP) is 4.52. The van der Waals surface area contributed by atoms with Gasteiger partial charge in [-0.1, -0.05) is 36.2 Å². The molecule has 2 unspecified atom stereocenters. The summed E-state index contributed by atoms with van der Waals surface area (Å²) >= 11 is 12.1. The van der Waals surface area contributed by atoms with Crippen molar-refractivity contribution in [1.29, 1.82) is 0 Å². The fourth-order valence-electron chi connectivity index (χ4n) is 2.10. The van der Waals surface area contributed by atoms with Crippen molar-refractivity contribution >= 4 is 23.2 Å². The van der Waals surface area contributed by atoms with Crippen molar-refractivity contribution in [3.05, 3.63) is 52.0 Å². The number of hydrogen-bond donors (Lipinski definition) is 2. The van der Waals surface area contributed by atoms with Crippen LogP contribution in [0, 0.1) is 0 Å². The molecule has 5 heteroatoms. The summed E-state index contributed by atoms with van der Waals surface area (Å²) in [7, 11) is 0. The van der Waals surface area contributed by atoms with Gasteiger partial charge in [0.15, 0.2) is 0 Å². The van der Waals surface area contributed by atoms with Crippen LogP contribution < -0.4 is 5.32 Å². The average molecular weight is 298 g/mol. The molecule has 102 valence electrons. The number of H-pyrrole nitrogens is 1. The van der Waals surface area contributed by atoms with Crippen LogP contribution in [-0.4, -0.2) is 9.97 Å². The Morgan fingerprint density at radius 2 is 2.16 bits per heavy atom. The molecule has 3 nitrogen and oxygen atoms in total. The molecule has 0 amide bonds. The molecule has 0 aliphatic heterocycles. The maximum absolute atomic E-state index is 6.23. The van der Waals surface area contributed by atoms with Gasteiger partial charge in [-0.15, -0.1) is 0 Å². The molecule has 2 aromatic rings. The summed E-state index contributed by atoms with van der Waals surface area (Å²) in [6, 6.07) is 5.88. The first-order valence-electron chi connectivity index (χ1n) is 6.32. The summed E-state index contributed by atoms with van der Waals surface area (Å²) in [5.74, 6) is 0.944. The maximum Gasteiger partial charge on any atom is 0.123 e. The van der Waals surface area contributed by atoms with Crippen LogP contribution in [0.15, 0.2) is 30.6 Å². The van der Waals surface area contributed by atoms with Crippen molar-refractivity contribution in [2.75, 3.05) is 0 Å². The second kappa shape index (κ2) is 6.42. The van der Waals surface area contributed by atoms with Crippen LogP contribution in [0.3, 0.4) is 0 Å². The molecule has 0 spiro atoms. The van der Waals surface area contributed by atoms with E-state index >= 15 is 0 Å². The van der Waals surface area contributed by atoms with Gasteiger partial charge in [0.1, 0.15) is 5.82 Å². The Kier molecular flexibility index (Phi) is 4.86. The summed E-state index contributed by atoms with van der Waals surface area (Å²) in [5, 5.41) is 4.86. The quantitative estimate of drug-likeness (QED) is 0.852. The molecule has 2 atom stereocenters. The number of hydrogen-bond acceptors (Lipinski definition) is 2. The van der Waals surface area contributed by atoms with Crippen molar-refractivity contribution in [1.82, 2.24) is 15.3 Å². The highest BCUT2D eigenvalue weighted by atomic mass is 35.5. The van der Waals surface area contributed by atoms with Gasteiger partial charge in [0.25, 0.3) is 0 Å². The van der Waals surface area contributed by atoms with E-state index in [1.807, 2.05) is 18.3 Å². The maximum atomic E-state index is 6.23. The van der Waals surface area contributed by atoms with Crippen molar-refractivity contribution in [3.63, 3.8) is 0 Å². The Balaban J connectivity index is 2.13. The van der Waals surface area contributed by atoms with E-state index in [1.165, 1.54) is 0 Å². The molecule has 2 N–H and O–H groups in total. The fourth-order valence-corrected chi connectivity index (χ4v) is 2.67. The number of nitrogens with one attached hydrogen (secondary N) is 2. The van der Waals surface area contributed by atoms with Crippen LogP contribution >= 0.6 is 23.2 Å². The molecular weight excluding hydrogens is 281 g/mol. The Bertz CT molecular complexity index is 525. The highest BCUT2D eigenvalue weighted by Crippen LogP contribution is 2.28. The Morgan fingerprint density at radius 3 is 2.74 bits per heavy atom. The Morgan fingerprint density at radius 1 is 1.37 bits per heavy atom. The monoisotopic (exact) mass is 297 g/mol. The SMILES string of the molecule is CCC(NC(C)c1ccc(Cl)cc1Cl)c1ncc[nH]1. The lowest BCUT2D eigenvalue weighted by Crippen LogP contribution is -2.25. The molecule has 1 aromatic heterocycles. The second-order valence-electron chi connectivity index (χ2n) is 4.49. The second-order valence-corrected chi connectivity index (χ2v) is 5.33. The molecule has 0 aliphatic rings. The van der Waals surface area contributed by atoms with E-state index < -0.39 is 0 Å². The molecular formula is C14H17Cl2N3. The van der Waals surface area contributed by atoms with E-state index in [1.54, 1.807) is 12.3 Å². The molecule has 19 heavy (non-hydrogen) atoms. The molecule has 0 radical (unpaired) electrons. The molecule has 2 rings (SSSR count). The first-order chi connectivity index (χ1) is 9.11. The lowest BCUT2D eigenvalue weighted by molar-refractivity contribution is 0.441. The molecule has 0 bridgehead atoms. The van der Waals surface area contributed by atoms with E-state index in [4.69, 9.17) is 23.2 Å². The van der Waals surface area contributed by atoms with Gasteiger partial charge in [0.2, 0.25) is 0 Å². The molecule has 0 saturated carbocycles. The van der Waals surface area contributed by atoms with Crippen LogP contribution in [-0.2, 0) is 0 Å². The summed E-state index contributed by atoms with van der Waals surface area (Å²) < 4.78 is 0. The van der Waals surface area contributed by atoms with Crippen molar-refractivity contribution < 1.29 is 0 Å². The zero-order chi connectivity index (χ0) is 13.8. The minimum Gasteiger partial charge on any atom is -0.347 e.